The molecule has 0 aliphatic rings. The van der Waals surface area contributed by atoms with E-state index in [1.54, 1.807) is 0 Å². The number of alkyl halides is 2. The summed E-state index contributed by atoms with van der Waals surface area (Å²) in [5, 5.41) is 19.2. The van der Waals surface area contributed by atoms with Crippen LogP contribution < -0.4 is 0 Å². The summed E-state index contributed by atoms with van der Waals surface area (Å²) >= 11 is 1.43. The second-order valence-corrected chi connectivity index (χ2v) is 4.61. The first-order chi connectivity index (χ1) is 8.65. The lowest BCUT2D eigenvalue weighted by Gasteiger charge is -2.19. The molecule has 18 heavy (non-hydrogen) atoms. The zero-order chi connectivity index (χ0) is 13.4. The Kier molecular flexibility index (Phi) is 6.83. The summed E-state index contributed by atoms with van der Waals surface area (Å²) in [7, 11) is 0. The molecule has 0 saturated carbocycles. The van der Waals surface area contributed by atoms with Crippen molar-refractivity contribution in [3.05, 3.63) is 21.9 Å². The van der Waals surface area contributed by atoms with Gasteiger partial charge in [0, 0.05) is 28.9 Å². The third kappa shape index (κ3) is 5.56. The summed E-state index contributed by atoms with van der Waals surface area (Å²) in [6, 6.07) is 1.81. The van der Waals surface area contributed by atoms with Crippen LogP contribution in [0.5, 0.6) is 0 Å². The highest BCUT2D eigenvalue weighted by molar-refractivity contribution is 7.10. The van der Waals surface area contributed by atoms with Gasteiger partial charge in [0.2, 0.25) is 0 Å². The molecule has 6 heteroatoms. The molecular formula is C12H15F2NO2S. The van der Waals surface area contributed by atoms with Gasteiger partial charge < -0.3 is 10.2 Å². The Morgan fingerprint density at radius 1 is 1.39 bits per heavy atom. The summed E-state index contributed by atoms with van der Waals surface area (Å²) in [6.07, 6.45) is -2.41. The Morgan fingerprint density at radius 2 is 2.17 bits per heavy atom. The van der Waals surface area contributed by atoms with E-state index in [2.05, 4.69) is 11.8 Å². The van der Waals surface area contributed by atoms with Gasteiger partial charge in [-0.05, 0) is 6.07 Å². The minimum atomic E-state index is -2.41. The molecule has 1 heterocycles. The van der Waals surface area contributed by atoms with Crippen LogP contribution >= 0.6 is 11.3 Å². The molecule has 100 valence electrons. The van der Waals surface area contributed by atoms with Gasteiger partial charge in [-0.1, -0.05) is 11.8 Å². The molecule has 2 N–H and O–H groups in total. The number of thiophene rings is 1. The first-order valence-electron chi connectivity index (χ1n) is 5.44. The van der Waals surface area contributed by atoms with Crippen molar-refractivity contribution < 1.29 is 19.0 Å². The molecule has 0 fully saturated rings. The maximum absolute atomic E-state index is 12.3. The molecule has 3 nitrogen and oxygen atoms in total. The van der Waals surface area contributed by atoms with Gasteiger partial charge in [-0.3, -0.25) is 4.90 Å². The molecule has 0 spiro atoms. The molecule has 1 aromatic rings. The van der Waals surface area contributed by atoms with E-state index in [1.807, 2.05) is 11.4 Å². The molecule has 0 aliphatic carbocycles. The van der Waals surface area contributed by atoms with Crippen molar-refractivity contribution in [3.8, 4) is 11.8 Å². The van der Waals surface area contributed by atoms with Gasteiger partial charge in [-0.15, -0.1) is 11.3 Å². The average molecular weight is 275 g/mol. The van der Waals surface area contributed by atoms with Gasteiger partial charge >= 0.3 is 0 Å². The molecule has 0 aromatic carbocycles. The van der Waals surface area contributed by atoms with Gasteiger partial charge in [0.15, 0.2) is 0 Å². The Labute approximate surface area is 109 Å². The Balaban J connectivity index is 2.60. The van der Waals surface area contributed by atoms with Crippen molar-refractivity contribution in [1.82, 2.24) is 4.90 Å². The molecule has 0 amide bonds. The third-order valence-electron chi connectivity index (χ3n) is 2.16. The van der Waals surface area contributed by atoms with Crippen LogP contribution in [0.15, 0.2) is 11.4 Å². The van der Waals surface area contributed by atoms with Crippen molar-refractivity contribution in [2.45, 2.75) is 13.0 Å². The lowest BCUT2D eigenvalue weighted by molar-refractivity contribution is 0.0751. The molecule has 1 rings (SSSR count). The molecule has 0 atom stereocenters. The van der Waals surface area contributed by atoms with Crippen LogP contribution in [0.4, 0.5) is 8.78 Å². The lowest BCUT2D eigenvalue weighted by Crippen LogP contribution is -2.30. The number of halogens is 2. The van der Waals surface area contributed by atoms with Crippen molar-refractivity contribution in [2.24, 2.45) is 0 Å². The van der Waals surface area contributed by atoms with Crippen LogP contribution in [0.25, 0.3) is 0 Å². The highest BCUT2D eigenvalue weighted by atomic mass is 32.1. The average Bonchev–Trinajstić information content (AvgIpc) is 2.73. The predicted octanol–water partition coefficient (Wildman–Crippen LogP) is 1.15. The van der Waals surface area contributed by atoms with E-state index >= 15 is 0 Å². The molecule has 0 saturated heterocycles. The fourth-order valence-electron chi connectivity index (χ4n) is 1.46. The largest absolute Gasteiger partial charge is 0.395 e. The predicted molar refractivity (Wildman–Crippen MR) is 66.6 cm³/mol. The molecular weight excluding hydrogens is 260 g/mol. The molecule has 0 radical (unpaired) electrons. The lowest BCUT2D eigenvalue weighted by atomic mass is 10.3. The van der Waals surface area contributed by atoms with Crippen molar-refractivity contribution in [2.75, 3.05) is 26.3 Å². The van der Waals surface area contributed by atoms with E-state index < -0.39 is 6.43 Å². The van der Waals surface area contributed by atoms with E-state index in [1.165, 1.54) is 16.2 Å². The van der Waals surface area contributed by atoms with Gasteiger partial charge in [0.1, 0.15) is 6.61 Å². The summed E-state index contributed by atoms with van der Waals surface area (Å²) in [5.74, 6) is 5.28. The molecule has 0 aliphatic heterocycles. The van der Waals surface area contributed by atoms with E-state index in [-0.39, 0.29) is 26.3 Å². The van der Waals surface area contributed by atoms with E-state index in [0.717, 1.165) is 10.4 Å². The highest BCUT2D eigenvalue weighted by Gasteiger charge is 2.12. The van der Waals surface area contributed by atoms with E-state index in [4.69, 9.17) is 10.2 Å². The summed E-state index contributed by atoms with van der Waals surface area (Å²) < 4.78 is 24.6. The van der Waals surface area contributed by atoms with Crippen LogP contribution in [0.3, 0.4) is 0 Å². The molecule has 1 aromatic heterocycles. The minimum absolute atomic E-state index is 0.144. The summed E-state index contributed by atoms with van der Waals surface area (Å²) in [6.45, 7) is -0.102. The third-order valence-corrected chi connectivity index (χ3v) is 3.08. The summed E-state index contributed by atoms with van der Waals surface area (Å²) in [4.78, 5) is 2.41. The number of hydrogen-bond acceptors (Lipinski definition) is 4. The normalized spacial score (nSPS) is 10.8. The molecule has 0 unspecified atom stereocenters. The number of hydrogen-bond donors (Lipinski definition) is 2. The zero-order valence-corrected chi connectivity index (χ0v) is 10.6. The fourth-order valence-corrected chi connectivity index (χ4v) is 2.32. The maximum atomic E-state index is 12.3. The second kappa shape index (κ2) is 8.16. The van der Waals surface area contributed by atoms with Gasteiger partial charge in [0.05, 0.1) is 13.2 Å². The Hall–Kier alpha value is -1.00. The quantitative estimate of drug-likeness (QED) is 0.766. The fraction of sp³-hybridized carbons (Fsp3) is 0.500. The Bertz CT molecular complexity index is 412. The van der Waals surface area contributed by atoms with E-state index in [9.17, 15) is 8.78 Å². The van der Waals surface area contributed by atoms with Crippen LogP contribution in [-0.2, 0) is 6.54 Å². The smallest absolute Gasteiger partial charge is 0.251 e. The number of aliphatic hydroxyl groups excluding tert-OH is 2. The summed E-state index contributed by atoms with van der Waals surface area (Å²) in [5.41, 5.74) is 0.769. The van der Waals surface area contributed by atoms with Crippen LogP contribution in [0, 0.1) is 11.8 Å². The van der Waals surface area contributed by atoms with Crippen LogP contribution in [0.2, 0.25) is 0 Å². The second-order valence-electron chi connectivity index (χ2n) is 3.61. The Morgan fingerprint density at radius 3 is 2.78 bits per heavy atom. The van der Waals surface area contributed by atoms with Crippen molar-refractivity contribution in [1.29, 1.82) is 0 Å². The highest BCUT2D eigenvalue weighted by Crippen LogP contribution is 2.16. The van der Waals surface area contributed by atoms with E-state index in [0.29, 0.717) is 6.54 Å². The number of aliphatic hydroxyl groups is 2. The SMILES string of the molecule is OCC#Cc1csc(CN(CCO)CC(F)F)c1. The van der Waals surface area contributed by atoms with Crippen LogP contribution in [-0.4, -0.2) is 47.8 Å². The van der Waals surface area contributed by atoms with Crippen molar-refractivity contribution >= 4 is 11.3 Å². The monoisotopic (exact) mass is 275 g/mol. The molecule has 0 bridgehead atoms. The first-order valence-corrected chi connectivity index (χ1v) is 6.32. The standard InChI is InChI=1S/C12H15F2NO2S/c13-12(14)8-15(3-5-17)7-11-6-10(9-18-11)2-1-4-16/h6,9,12,16-17H,3-5,7-8H2. The van der Waals surface area contributed by atoms with Gasteiger partial charge in [-0.25, -0.2) is 8.78 Å². The van der Waals surface area contributed by atoms with Crippen molar-refractivity contribution in [3.63, 3.8) is 0 Å². The zero-order valence-electron chi connectivity index (χ0n) is 9.77. The minimum Gasteiger partial charge on any atom is -0.395 e. The first kappa shape index (κ1) is 15.1. The maximum Gasteiger partial charge on any atom is 0.251 e. The van der Waals surface area contributed by atoms with Gasteiger partial charge in [-0.2, -0.15) is 0 Å². The number of rotatable bonds is 6. The van der Waals surface area contributed by atoms with Crippen LogP contribution in [0.1, 0.15) is 10.4 Å². The van der Waals surface area contributed by atoms with Gasteiger partial charge in [0.25, 0.3) is 6.43 Å². The topological polar surface area (TPSA) is 43.7 Å². The number of nitrogens with zero attached hydrogens (tertiary/aromatic N) is 1.